The van der Waals surface area contributed by atoms with Gasteiger partial charge in [-0.05, 0) is 37.5 Å². The van der Waals surface area contributed by atoms with E-state index in [2.05, 4.69) is 5.32 Å². The summed E-state index contributed by atoms with van der Waals surface area (Å²) in [6.07, 6.45) is 1.19. The van der Waals surface area contributed by atoms with Crippen LogP contribution in [0.3, 0.4) is 0 Å². The lowest BCUT2D eigenvalue weighted by Crippen LogP contribution is -2.47. The Balaban J connectivity index is 2.60. The topological polar surface area (TPSA) is 55.1 Å². The summed E-state index contributed by atoms with van der Waals surface area (Å²) >= 11 is 16.9. The van der Waals surface area contributed by atoms with Crippen LogP contribution in [0.2, 0.25) is 10.0 Å². The van der Waals surface area contributed by atoms with Crippen LogP contribution in [0.1, 0.15) is 25.8 Å². The number of nitrogens with two attached hydrogens (primary N) is 1. The molecule has 1 aromatic rings. The second-order valence-electron chi connectivity index (χ2n) is 4.79. The van der Waals surface area contributed by atoms with Gasteiger partial charge in [0.05, 0.1) is 10.4 Å². The van der Waals surface area contributed by atoms with Gasteiger partial charge >= 0.3 is 0 Å². The molecule has 0 saturated carbocycles. The van der Waals surface area contributed by atoms with Crippen molar-refractivity contribution in [3.05, 3.63) is 33.8 Å². The van der Waals surface area contributed by atoms with Crippen LogP contribution in [-0.4, -0.2) is 17.4 Å². The number of hydrogen-bond donors (Lipinski definition) is 2. The van der Waals surface area contributed by atoms with E-state index in [0.29, 0.717) is 29.4 Å². The molecule has 0 radical (unpaired) electrons. The van der Waals surface area contributed by atoms with Crippen molar-refractivity contribution >= 4 is 46.3 Å². The number of carbonyl (C=O) groups excluding carboxylic acids is 1. The van der Waals surface area contributed by atoms with Crippen LogP contribution >= 0.6 is 35.4 Å². The molecule has 0 aliphatic rings. The van der Waals surface area contributed by atoms with Gasteiger partial charge < -0.3 is 11.1 Å². The molecule has 1 amide bonds. The summed E-state index contributed by atoms with van der Waals surface area (Å²) in [6.45, 7) is 4.10. The molecule has 110 valence electrons. The Morgan fingerprint density at radius 3 is 2.60 bits per heavy atom. The molecule has 1 atom stereocenters. The van der Waals surface area contributed by atoms with E-state index >= 15 is 0 Å². The van der Waals surface area contributed by atoms with Gasteiger partial charge in [0, 0.05) is 16.6 Å². The number of thiocarbonyl (C=S) groups is 1. The van der Waals surface area contributed by atoms with Crippen molar-refractivity contribution in [2.24, 2.45) is 11.1 Å². The number of hydrogen-bond acceptors (Lipinski definition) is 2. The van der Waals surface area contributed by atoms with E-state index < -0.39 is 5.41 Å². The fourth-order valence-corrected chi connectivity index (χ4v) is 2.42. The first kappa shape index (κ1) is 17.2. The third-order valence-corrected chi connectivity index (χ3v) is 4.48. The predicted octanol–water partition coefficient (Wildman–Crippen LogP) is 3.35. The number of halogens is 2. The Morgan fingerprint density at radius 2 is 2.10 bits per heavy atom. The third kappa shape index (κ3) is 4.08. The van der Waals surface area contributed by atoms with E-state index in [1.54, 1.807) is 19.1 Å². The molecule has 0 saturated heterocycles. The lowest BCUT2D eigenvalue weighted by atomic mass is 9.86. The summed E-state index contributed by atoms with van der Waals surface area (Å²) in [5.74, 6) is -0.155. The summed E-state index contributed by atoms with van der Waals surface area (Å²) in [4.78, 5) is 12.3. The van der Waals surface area contributed by atoms with E-state index in [1.807, 2.05) is 13.0 Å². The zero-order chi connectivity index (χ0) is 15.3. The Hall–Kier alpha value is -0.840. The number of benzene rings is 1. The SMILES string of the molecule is CCC(C)(C(=O)NCCc1ccc(Cl)cc1Cl)C(N)=S. The van der Waals surface area contributed by atoms with Crippen LogP contribution in [0.15, 0.2) is 18.2 Å². The molecule has 0 heterocycles. The number of carbonyl (C=O) groups is 1. The molecular weight excluding hydrogens is 315 g/mol. The first-order chi connectivity index (χ1) is 9.31. The minimum Gasteiger partial charge on any atom is -0.392 e. The van der Waals surface area contributed by atoms with Crippen LogP contribution in [-0.2, 0) is 11.2 Å². The highest BCUT2D eigenvalue weighted by Crippen LogP contribution is 2.23. The summed E-state index contributed by atoms with van der Waals surface area (Å²) in [5.41, 5.74) is 5.77. The zero-order valence-electron chi connectivity index (χ0n) is 11.5. The maximum absolute atomic E-state index is 12.1. The number of nitrogens with one attached hydrogen (secondary N) is 1. The Bertz CT molecular complexity index is 522. The fourth-order valence-electron chi connectivity index (χ4n) is 1.68. The maximum Gasteiger partial charge on any atom is 0.232 e. The molecule has 1 rings (SSSR count). The van der Waals surface area contributed by atoms with Crippen molar-refractivity contribution in [1.82, 2.24) is 5.32 Å². The molecule has 3 N–H and O–H groups in total. The molecule has 1 unspecified atom stereocenters. The number of rotatable bonds is 6. The molecule has 20 heavy (non-hydrogen) atoms. The highest BCUT2D eigenvalue weighted by Gasteiger charge is 2.34. The average Bonchev–Trinajstić information content (AvgIpc) is 2.39. The first-order valence-corrected chi connectivity index (χ1v) is 7.49. The highest BCUT2D eigenvalue weighted by atomic mass is 35.5. The van der Waals surface area contributed by atoms with E-state index in [4.69, 9.17) is 41.2 Å². The van der Waals surface area contributed by atoms with Gasteiger partial charge in [0.25, 0.3) is 0 Å². The summed E-state index contributed by atoms with van der Waals surface area (Å²) in [5, 5.41) is 4.04. The van der Waals surface area contributed by atoms with Crippen LogP contribution in [0.4, 0.5) is 0 Å². The molecular formula is C14H18Cl2N2OS. The monoisotopic (exact) mass is 332 g/mol. The van der Waals surface area contributed by atoms with Gasteiger partial charge in [-0.1, -0.05) is 48.4 Å². The van der Waals surface area contributed by atoms with E-state index in [9.17, 15) is 4.79 Å². The van der Waals surface area contributed by atoms with Gasteiger partial charge in [0.1, 0.15) is 0 Å². The lowest BCUT2D eigenvalue weighted by Gasteiger charge is -2.25. The first-order valence-electron chi connectivity index (χ1n) is 6.33. The molecule has 0 aromatic heterocycles. The summed E-state index contributed by atoms with van der Waals surface area (Å²) in [6, 6.07) is 5.31. The van der Waals surface area contributed by atoms with Crippen LogP contribution in [0.5, 0.6) is 0 Å². The van der Waals surface area contributed by atoms with Gasteiger partial charge in [-0.3, -0.25) is 4.79 Å². The van der Waals surface area contributed by atoms with Crippen LogP contribution in [0, 0.1) is 5.41 Å². The predicted molar refractivity (Wildman–Crippen MR) is 88.4 cm³/mol. The van der Waals surface area contributed by atoms with Crippen molar-refractivity contribution < 1.29 is 4.79 Å². The van der Waals surface area contributed by atoms with E-state index in [-0.39, 0.29) is 10.9 Å². The highest BCUT2D eigenvalue weighted by molar-refractivity contribution is 7.80. The minimum absolute atomic E-state index is 0.155. The Morgan fingerprint density at radius 1 is 1.45 bits per heavy atom. The van der Waals surface area contributed by atoms with Gasteiger partial charge in [0.2, 0.25) is 5.91 Å². The lowest BCUT2D eigenvalue weighted by molar-refractivity contribution is -0.126. The normalized spacial score (nSPS) is 13.6. The standard InChI is InChI=1S/C14H18Cl2N2OS/c1-3-14(2,12(17)20)13(19)18-7-6-9-4-5-10(15)8-11(9)16/h4-5,8H,3,6-7H2,1-2H3,(H2,17,20)(H,18,19). The maximum atomic E-state index is 12.1. The van der Waals surface area contributed by atoms with Gasteiger partial charge in [-0.2, -0.15) is 0 Å². The molecule has 6 heteroatoms. The van der Waals surface area contributed by atoms with Gasteiger partial charge in [0.15, 0.2) is 0 Å². The molecule has 0 aliphatic carbocycles. The second kappa shape index (κ2) is 7.25. The molecule has 0 aliphatic heterocycles. The molecule has 3 nitrogen and oxygen atoms in total. The number of amides is 1. The zero-order valence-corrected chi connectivity index (χ0v) is 13.8. The van der Waals surface area contributed by atoms with Crippen LogP contribution in [0.25, 0.3) is 0 Å². The van der Waals surface area contributed by atoms with Gasteiger partial charge in [-0.15, -0.1) is 0 Å². The van der Waals surface area contributed by atoms with Gasteiger partial charge in [-0.25, -0.2) is 0 Å². The summed E-state index contributed by atoms with van der Waals surface area (Å²) in [7, 11) is 0. The molecule has 0 bridgehead atoms. The van der Waals surface area contributed by atoms with Crippen LogP contribution < -0.4 is 11.1 Å². The van der Waals surface area contributed by atoms with Crippen molar-refractivity contribution in [3.8, 4) is 0 Å². The molecule has 0 spiro atoms. The van der Waals surface area contributed by atoms with Crippen molar-refractivity contribution in [2.45, 2.75) is 26.7 Å². The molecule has 1 aromatic carbocycles. The molecule has 0 fully saturated rings. The largest absolute Gasteiger partial charge is 0.392 e. The Labute approximate surface area is 134 Å². The minimum atomic E-state index is -0.806. The second-order valence-corrected chi connectivity index (χ2v) is 6.08. The van der Waals surface area contributed by atoms with E-state index in [1.165, 1.54) is 0 Å². The summed E-state index contributed by atoms with van der Waals surface area (Å²) < 4.78 is 0. The quantitative estimate of drug-likeness (QED) is 0.785. The average molecular weight is 333 g/mol. The van der Waals surface area contributed by atoms with Crippen molar-refractivity contribution in [3.63, 3.8) is 0 Å². The Kier molecular flexibility index (Phi) is 6.24. The van der Waals surface area contributed by atoms with Crippen molar-refractivity contribution in [1.29, 1.82) is 0 Å². The smallest absolute Gasteiger partial charge is 0.232 e. The fraction of sp³-hybridized carbons (Fsp3) is 0.429. The third-order valence-electron chi connectivity index (χ3n) is 3.45. The van der Waals surface area contributed by atoms with E-state index in [0.717, 1.165) is 5.56 Å². The van der Waals surface area contributed by atoms with Crippen molar-refractivity contribution in [2.75, 3.05) is 6.54 Å².